The second-order valence-corrected chi connectivity index (χ2v) is 6.28. The Kier molecular flexibility index (Phi) is 4.82. The van der Waals surface area contributed by atoms with Gasteiger partial charge in [0.1, 0.15) is 10.9 Å². The zero-order chi connectivity index (χ0) is 17.3. The van der Waals surface area contributed by atoms with E-state index < -0.39 is 6.61 Å². The average Bonchev–Trinajstić information content (AvgIpc) is 2.88. The van der Waals surface area contributed by atoms with Crippen molar-refractivity contribution in [1.82, 2.24) is 14.8 Å². The molecular weight excluding hydrogens is 404 g/mol. The van der Waals surface area contributed by atoms with Gasteiger partial charge in [-0.3, -0.25) is 0 Å². The molecule has 0 atom stereocenters. The van der Waals surface area contributed by atoms with Crippen molar-refractivity contribution in [3.05, 3.63) is 57.9 Å². The van der Waals surface area contributed by atoms with Crippen molar-refractivity contribution in [2.24, 2.45) is 0 Å². The maximum absolute atomic E-state index is 12.5. The molecular formula is C16H11BrClF2N3O. The van der Waals surface area contributed by atoms with E-state index in [9.17, 15) is 8.78 Å². The summed E-state index contributed by atoms with van der Waals surface area (Å²) < 4.78 is 31.8. The fraction of sp³-hybridized carbons (Fsp3) is 0.125. The standard InChI is InChI=1S/C16H11BrClF2N3O/c1-9-4-14(23(22-9)12-2-3-21-15(18)8-12)10-5-11(17)7-13(6-10)24-16(19)20/h2-8,16H,1H3. The number of pyridine rings is 1. The number of aryl methyl sites for hydroxylation is 1. The summed E-state index contributed by atoms with van der Waals surface area (Å²) >= 11 is 9.26. The number of nitrogens with zero attached hydrogens (tertiary/aromatic N) is 3. The van der Waals surface area contributed by atoms with Crippen LogP contribution in [-0.2, 0) is 0 Å². The third-order valence-corrected chi connectivity index (χ3v) is 3.84. The van der Waals surface area contributed by atoms with Crippen molar-refractivity contribution in [2.75, 3.05) is 0 Å². The van der Waals surface area contributed by atoms with Crippen LogP contribution in [0.4, 0.5) is 8.78 Å². The number of hydrogen-bond acceptors (Lipinski definition) is 3. The van der Waals surface area contributed by atoms with Crippen LogP contribution < -0.4 is 4.74 Å². The molecule has 0 saturated heterocycles. The van der Waals surface area contributed by atoms with Crippen LogP contribution in [0.1, 0.15) is 5.69 Å². The molecule has 0 bridgehead atoms. The monoisotopic (exact) mass is 413 g/mol. The molecule has 1 aromatic carbocycles. The van der Waals surface area contributed by atoms with E-state index in [1.807, 2.05) is 13.0 Å². The van der Waals surface area contributed by atoms with E-state index in [2.05, 4.69) is 30.7 Å². The number of benzene rings is 1. The normalized spacial score (nSPS) is 11.1. The minimum atomic E-state index is -2.89. The summed E-state index contributed by atoms with van der Waals surface area (Å²) in [5.74, 6) is 0.0625. The third kappa shape index (κ3) is 3.73. The fourth-order valence-electron chi connectivity index (χ4n) is 2.31. The number of ether oxygens (including phenoxy) is 1. The zero-order valence-corrected chi connectivity index (χ0v) is 14.7. The largest absolute Gasteiger partial charge is 0.435 e. The van der Waals surface area contributed by atoms with Crippen molar-refractivity contribution in [1.29, 1.82) is 0 Å². The lowest BCUT2D eigenvalue weighted by Gasteiger charge is -2.11. The molecule has 0 radical (unpaired) electrons. The van der Waals surface area contributed by atoms with Gasteiger partial charge in [-0.2, -0.15) is 13.9 Å². The first-order chi connectivity index (χ1) is 11.4. The smallest absolute Gasteiger partial charge is 0.387 e. The van der Waals surface area contributed by atoms with E-state index in [1.165, 1.54) is 12.1 Å². The van der Waals surface area contributed by atoms with Gasteiger partial charge in [-0.1, -0.05) is 27.5 Å². The van der Waals surface area contributed by atoms with Gasteiger partial charge >= 0.3 is 6.61 Å². The van der Waals surface area contributed by atoms with E-state index in [1.54, 1.807) is 29.1 Å². The first kappa shape index (κ1) is 16.9. The summed E-state index contributed by atoms with van der Waals surface area (Å²) in [4.78, 5) is 3.95. The molecule has 124 valence electrons. The summed E-state index contributed by atoms with van der Waals surface area (Å²) in [5, 5.41) is 4.78. The quantitative estimate of drug-likeness (QED) is 0.547. The number of hydrogen-bond donors (Lipinski definition) is 0. The molecule has 8 heteroatoms. The number of alkyl halides is 2. The van der Waals surface area contributed by atoms with Crippen molar-refractivity contribution >= 4 is 27.5 Å². The van der Waals surface area contributed by atoms with Crippen LogP contribution in [-0.4, -0.2) is 21.4 Å². The SMILES string of the molecule is Cc1cc(-c2cc(Br)cc(OC(F)F)c2)n(-c2ccnc(Cl)c2)n1. The van der Waals surface area contributed by atoms with Gasteiger partial charge in [0, 0.05) is 22.3 Å². The lowest BCUT2D eigenvalue weighted by Crippen LogP contribution is -2.03. The van der Waals surface area contributed by atoms with Crippen molar-refractivity contribution < 1.29 is 13.5 Å². The van der Waals surface area contributed by atoms with E-state index >= 15 is 0 Å². The Hall–Kier alpha value is -1.99. The molecule has 24 heavy (non-hydrogen) atoms. The van der Waals surface area contributed by atoms with Crippen LogP contribution in [0.5, 0.6) is 5.75 Å². The summed E-state index contributed by atoms with van der Waals surface area (Å²) in [7, 11) is 0. The van der Waals surface area contributed by atoms with Gasteiger partial charge < -0.3 is 4.74 Å². The van der Waals surface area contributed by atoms with Crippen molar-refractivity contribution in [2.45, 2.75) is 13.5 Å². The molecule has 0 amide bonds. The van der Waals surface area contributed by atoms with Crippen LogP contribution in [0.2, 0.25) is 5.15 Å². The van der Waals surface area contributed by atoms with Gasteiger partial charge in [0.2, 0.25) is 0 Å². The van der Waals surface area contributed by atoms with E-state index in [4.69, 9.17) is 11.6 Å². The van der Waals surface area contributed by atoms with Gasteiger partial charge in [-0.05, 0) is 37.3 Å². The molecule has 0 N–H and O–H groups in total. The predicted octanol–water partition coefficient (Wildman–Crippen LogP) is 5.26. The highest BCUT2D eigenvalue weighted by atomic mass is 79.9. The molecule has 3 rings (SSSR count). The molecule has 0 aliphatic rings. The Labute approximate surface area is 150 Å². The molecule has 2 aromatic heterocycles. The average molecular weight is 415 g/mol. The first-order valence-corrected chi connectivity index (χ1v) is 8.04. The van der Waals surface area contributed by atoms with Crippen molar-refractivity contribution in [3.63, 3.8) is 0 Å². The molecule has 0 spiro atoms. The Balaban J connectivity index is 2.12. The van der Waals surface area contributed by atoms with Crippen molar-refractivity contribution in [3.8, 4) is 22.7 Å². The minimum absolute atomic E-state index is 0.0625. The minimum Gasteiger partial charge on any atom is -0.435 e. The zero-order valence-electron chi connectivity index (χ0n) is 12.4. The van der Waals surface area contributed by atoms with Crippen LogP contribution >= 0.6 is 27.5 Å². The molecule has 2 heterocycles. The summed E-state index contributed by atoms with van der Waals surface area (Å²) in [5.41, 5.74) is 2.88. The Morgan fingerprint density at radius 3 is 2.71 bits per heavy atom. The van der Waals surface area contributed by atoms with Gasteiger partial charge in [0.05, 0.1) is 17.1 Å². The molecule has 0 unspecified atom stereocenters. The Morgan fingerprint density at radius 1 is 1.21 bits per heavy atom. The highest BCUT2D eigenvalue weighted by Gasteiger charge is 2.14. The van der Waals surface area contributed by atoms with E-state index in [0.717, 1.165) is 17.1 Å². The lowest BCUT2D eigenvalue weighted by atomic mass is 10.1. The van der Waals surface area contributed by atoms with Gasteiger partial charge in [-0.25, -0.2) is 9.67 Å². The van der Waals surface area contributed by atoms with E-state index in [0.29, 0.717) is 15.2 Å². The predicted molar refractivity (Wildman–Crippen MR) is 90.9 cm³/mol. The fourth-order valence-corrected chi connectivity index (χ4v) is 2.95. The summed E-state index contributed by atoms with van der Waals surface area (Å²) in [6, 6.07) is 10.1. The molecule has 0 aliphatic heterocycles. The highest BCUT2D eigenvalue weighted by Crippen LogP contribution is 2.31. The number of aromatic nitrogens is 3. The van der Waals surface area contributed by atoms with Crippen LogP contribution in [0.25, 0.3) is 16.9 Å². The van der Waals surface area contributed by atoms with E-state index in [-0.39, 0.29) is 5.75 Å². The second kappa shape index (κ2) is 6.86. The Morgan fingerprint density at radius 2 is 2.00 bits per heavy atom. The number of halogens is 4. The van der Waals surface area contributed by atoms with Crippen LogP contribution in [0.3, 0.4) is 0 Å². The van der Waals surface area contributed by atoms with Gasteiger partial charge in [-0.15, -0.1) is 0 Å². The Bertz CT molecular complexity index is 886. The van der Waals surface area contributed by atoms with Crippen LogP contribution in [0.15, 0.2) is 47.1 Å². The van der Waals surface area contributed by atoms with Gasteiger partial charge in [0.25, 0.3) is 0 Å². The molecule has 0 fully saturated rings. The first-order valence-electron chi connectivity index (χ1n) is 6.87. The third-order valence-electron chi connectivity index (χ3n) is 3.18. The van der Waals surface area contributed by atoms with Crippen LogP contribution in [0, 0.1) is 6.92 Å². The second-order valence-electron chi connectivity index (χ2n) is 4.97. The molecule has 3 aromatic rings. The molecule has 0 saturated carbocycles. The molecule has 0 aliphatic carbocycles. The summed E-state index contributed by atoms with van der Waals surface area (Å²) in [6.45, 7) is -1.05. The maximum atomic E-state index is 12.5. The lowest BCUT2D eigenvalue weighted by molar-refractivity contribution is -0.0498. The van der Waals surface area contributed by atoms with Gasteiger partial charge in [0.15, 0.2) is 0 Å². The highest BCUT2D eigenvalue weighted by molar-refractivity contribution is 9.10. The molecule has 4 nitrogen and oxygen atoms in total. The number of rotatable bonds is 4. The topological polar surface area (TPSA) is 39.9 Å². The summed E-state index contributed by atoms with van der Waals surface area (Å²) in [6.07, 6.45) is 1.57. The maximum Gasteiger partial charge on any atom is 0.387 e.